The molecule has 1 atom stereocenters. The van der Waals surface area contributed by atoms with Crippen molar-refractivity contribution in [2.45, 2.75) is 24.9 Å². The Morgan fingerprint density at radius 3 is 2.86 bits per heavy atom. The SMILES string of the molecule is COC(=O)C(COc1cccc([N+](=O)[O-])c1Br)NC1CC1. The molecule has 1 N–H and O–H groups in total. The van der Waals surface area contributed by atoms with Crippen molar-refractivity contribution in [3.63, 3.8) is 0 Å². The first-order chi connectivity index (χ1) is 10.0. The highest BCUT2D eigenvalue weighted by molar-refractivity contribution is 9.10. The molecule has 0 saturated heterocycles. The third kappa shape index (κ3) is 4.15. The first kappa shape index (κ1) is 15.7. The van der Waals surface area contributed by atoms with Crippen LogP contribution in [-0.4, -0.2) is 36.7 Å². The highest BCUT2D eigenvalue weighted by atomic mass is 79.9. The molecule has 1 unspecified atom stereocenters. The van der Waals surface area contributed by atoms with Gasteiger partial charge in [-0.15, -0.1) is 0 Å². The van der Waals surface area contributed by atoms with Gasteiger partial charge >= 0.3 is 5.97 Å². The zero-order valence-corrected chi connectivity index (χ0v) is 13.0. The van der Waals surface area contributed by atoms with Gasteiger partial charge in [-0.05, 0) is 34.8 Å². The summed E-state index contributed by atoms with van der Waals surface area (Å²) in [5.74, 6) is -0.0980. The molecule has 2 rings (SSSR count). The minimum Gasteiger partial charge on any atom is -0.490 e. The summed E-state index contributed by atoms with van der Waals surface area (Å²) in [4.78, 5) is 22.0. The minimum absolute atomic E-state index is 0.0446. The molecular weight excluding hydrogens is 344 g/mol. The van der Waals surface area contributed by atoms with E-state index in [4.69, 9.17) is 9.47 Å². The molecule has 1 aromatic carbocycles. The van der Waals surface area contributed by atoms with Crippen LogP contribution < -0.4 is 10.1 Å². The number of nitro groups is 1. The number of ether oxygens (including phenoxy) is 2. The van der Waals surface area contributed by atoms with E-state index in [-0.39, 0.29) is 16.8 Å². The van der Waals surface area contributed by atoms with E-state index >= 15 is 0 Å². The lowest BCUT2D eigenvalue weighted by atomic mass is 10.3. The molecule has 1 aliphatic carbocycles. The third-order valence-electron chi connectivity index (χ3n) is 3.05. The van der Waals surface area contributed by atoms with Crippen LogP contribution in [0, 0.1) is 10.1 Å². The summed E-state index contributed by atoms with van der Waals surface area (Å²) in [6.07, 6.45) is 2.04. The van der Waals surface area contributed by atoms with Crippen molar-refractivity contribution in [3.05, 3.63) is 32.8 Å². The second kappa shape index (κ2) is 6.86. The number of halogens is 1. The second-order valence-corrected chi connectivity index (χ2v) is 5.47. The standard InChI is InChI=1S/C13H15BrN2O5/c1-20-13(17)9(15-8-5-6-8)7-21-11-4-2-3-10(12(11)14)16(18)19/h2-4,8-9,15H,5-7H2,1H3. The molecule has 0 amide bonds. The van der Waals surface area contributed by atoms with Crippen molar-refractivity contribution in [2.24, 2.45) is 0 Å². The third-order valence-corrected chi connectivity index (χ3v) is 3.84. The largest absolute Gasteiger partial charge is 0.490 e. The molecule has 7 nitrogen and oxygen atoms in total. The minimum atomic E-state index is -0.589. The molecule has 0 radical (unpaired) electrons. The van der Waals surface area contributed by atoms with Gasteiger partial charge in [0.05, 0.1) is 12.0 Å². The van der Waals surface area contributed by atoms with E-state index in [2.05, 4.69) is 21.2 Å². The maximum Gasteiger partial charge on any atom is 0.326 e. The highest BCUT2D eigenvalue weighted by Gasteiger charge is 2.29. The lowest BCUT2D eigenvalue weighted by Gasteiger charge is -2.17. The molecule has 21 heavy (non-hydrogen) atoms. The zero-order chi connectivity index (χ0) is 15.4. The predicted molar refractivity (Wildman–Crippen MR) is 78.3 cm³/mol. The van der Waals surface area contributed by atoms with Gasteiger partial charge in [0.15, 0.2) is 0 Å². The Kier molecular flexibility index (Phi) is 5.13. The van der Waals surface area contributed by atoms with Crippen molar-refractivity contribution in [1.82, 2.24) is 5.32 Å². The number of nitrogens with one attached hydrogen (secondary N) is 1. The fourth-order valence-corrected chi connectivity index (χ4v) is 2.31. The van der Waals surface area contributed by atoms with Crippen LogP contribution in [0.5, 0.6) is 5.75 Å². The maximum atomic E-state index is 11.7. The molecule has 1 fully saturated rings. The van der Waals surface area contributed by atoms with Crippen molar-refractivity contribution in [2.75, 3.05) is 13.7 Å². The second-order valence-electron chi connectivity index (χ2n) is 4.67. The van der Waals surface area contributed by atoms with E-state index in [1.807, 2.05) is 0 Å². The van der Waals surface area contributed by atoms with Gasteiger partial charge in [-0.2, -0.15) is 0 Å². The number of benzene rings is 1. The fourth-order valence-electron chi connectivity index (χ4n) is 1.79. The van der Waals surface area contributed by atoms with E-state index in [1.165, 1.54) is 19.2 Å². The number of carbonyl (C=O) groups excluding carboxylic acids is 1. The average molecular weight is 359 g/mol. The van der Waals surface area contributed by atoms with Crippen molar-refractivity contribution >= 4 is 27.6 Å². The summed E-state index contributed by atoms with van der Waals surface area (Å²) in [5.41, 5.74) is -0.0859. The summed E-state index contributed by atoms with van der Waals surface area (Å²) in [5, 5.41) is 14.0. The first-order valence-electron chi connectivity index (χ1n) is 6.42. The normalized spacial score (nSPS) is 15.3. The molecule has 0 bridgehead atoms. The summed E-state index contributed by atoms with van der Waals surface area (Å²) in [6, 6.07) is 4.22. The zero-order valence-electron chi connectivity index (χ0n) is 11.4. The van der Waals surface area contributed by atoms with Gasteiger partial charge in [-0.25, -0.2) is 0 Å². The van der Waals surface area contributed by atoms with Crippen LogP contribution in [0.4, 0.5) is 5.69 Å². The average Bonchev–Trinajstić information content (AvgIpc) is 3.27. The van der Waals surface area contributed by atoms with Gasteiger partial charge in [0.25, 0.3) is 5.69 Å². The molecule has 0 heterocycles. The van der Waals surface area contributed by atoms with Crippen LogP contribution in [0.3, 0.4) is 0 Å². The van der Waals surface area contributed by atoms with Crippen LogP contribution in [-0.2, 0) is 9.53 Å². The van der Waals surface area contributed by atoms with Gasteiger partial charge in [0, 0.05) is 12.1 Å². The monoisotopic (exact) mass is 358 g/mol. The summed E-state index contributed by atoms with van der Waals surface area (Å²) in [6.45, 7) is 0.0446. The molecule has 0 aromatic heterocycles. The molecule has 114 valence electrons. The molecule has 0 spiro atoms. The highest BCUT2D eigenvalue weighted by Crippen LogP contribution is 2.33. The Labute approximate surface area is 129 Å². The van der Waals surface area contributed by atoms with E-state index in [9.17, 15) is 14.9 Å². The number of hydrogen-bond acceptors (Lipinski definition) is 6. The molecule has 8 heteroatoms. The van der Waals surface area contributed by atoms with Gasteiger partial charge in [-0.1, -0.05) is 6.07 Å². The number of carbonyl (C=O) groups is 1. The number of hydrogen-bond donors (Lipinski definition) is 1. The van der Waals surface area contributed by atoms with Gasteiger partial charge in [-0.3, -0.25) is 20.2 Å². The van der Waals surface area contributed by atoms with Crippen molar-refractivity contribution in [1.29, 1.82) is 0 Å². The molecule has 1 saturated carbocycles. The number of rotatable bonds is 7. The Morgan fingerprint density at radius 1 is 1.57 bits per heavy atom. The van der Waals surface area contributed by atoms with Gasteiger partial charge in [0.2, 0.25) is 0 Å². The summed E-state index contributed by atoms with van der Waals surface area (Å²) < 4.78 is 10.5. The summed E-state index contributed by atoms with van der Waals surface area (Å²) in [7, 11) is 1.31. The fraction of sp³-hybridized carbons (Fsp3) is 0.462. The van der Waals surface area contributed by atoms with Gasteiger partial charge in [0.1, 0.15) is 22.9 Å². The number of nitrogens with zero attached hydrogens (tertiary/aromatic N) is 1. The van der Waals surface area contributed by atoms with E-state index in [0.717, 1.165) is 12.8 Å². The Balaban J connectivity index is 2.04. The van der Waals surface area contributed by atoms with Crippen molar-refractivity contribution in [3.8, 4) is 5.75 Å². The smallest absolute Gasteiger partial charge is 0.326 e. The number of esters is 1. The van der Waals surface area contributed by atoms with Crippen LogP contribution in [0.15, 0.2) is 22.7 Å². The quantitative estimate of drug-likeness (QED) is 0.455. The maximum absolute atomic E-state index is 11.7. The molecular formula is C13H15BrN2O5. The topological polar surface area (TPSA) is 90.7 Å². The van der Waals surface area contributed by atoms with E-state index < -0.39 is 16.9 Å². The number of nitro benzene ring substituents is 1. The Hall–Kier alpha value is -1.67. The van der Waals surface area contributed by atoms with Crippen LogP contribution in [0.25, 0.3) is 0 Å². The molecule has 1 aliphatic rings. The summed E-state index contributed by atoms with van der Waals surface area (Å²) >= 11 is 3.15. The molecule has 0 aliphatic heterocycles. The Morgan fingerprint density at radius 2 is 2.29 bits per heavy atom. The molecule has 1 aromatic rings. The Bertz CT molecular complexity index is 547. The van der Waals surface area contributed by atoms with Crippen LogP contribution in [0.2, 0.25) is 0 Å². The number of methoxy groups -OCH3 is 1. The lowest BCUT2D eigenvalue weighted by Crippen LogP contribution is -2.43. The van der Waals surface area contributed by atoms with Gasteiger partial charge < -0.3 is 9.47 Å². The van der Waals surface area contributed by atoms with Crippen LogP contribution in [0.1, 0.15) is 12.8 Å². The van der Waals surface area contributed by atoms with E-state index in [0.29, 0.717) is 11.8 Å². The lowest BCUT2D eigenvalue weighted by molar-refractivity contribution is -0.385. The predicted octanol–water partition coefficient (Wildman–Crippen LogP) is 2.03. The van der Waals surface area contributed by atoms with Crippen molar-refractivity contribution < 1.29 is 19.2 Å². The van der Waals surface area contributed by atoms with E-state index in [1.54, 1.807) is 6.07 Å². The van der Waals surface area contributed by atoms with Crippen LogP contribution >= 0.6 is 15.9 Å². The first-order valence-corrected chi connectivity index (χ1v) is 7.21.